The Morgan fingerprint density at radius 3 is 1.31 bits per heavy atom. The van der Waals surface area contributed by atoms with Crippen LogP contribution in [0.2, 0.25) is 6.04 Å². The fraction of sp³-hybridized carbons (Fsp3) is 0.158. The molecule has 2 aliphatic carbocycles. The van der Waals surface area contributed by atoms with Gasteiger partial charge in [0.05, 0.1) is 0 Å². The van der Waals surface area contributed by atoms with Gasteiger partial charge in [0.1, 0.15) is 0 Å². The zero-order chi connectivity index (χ0) is 25.8. The van der Waals surface area contributed by atoms with Crippen LogP contribution in [-0.4, -0.2) is 8.07 Å². The van der Waals surface area contributed by atoms with Crippen LogP contribution in [0.3, 0.4) is 0 Å². The molecule has 2 bridgehead atoms. The first-order valence-corrected chi connectivity index (χ1v) is 16.6. The highest BCUT2D eigenvalue weighted by Gasteiger charge is 2.48. The zero-order valence-corrected chi connectivity index (χ0v) is 23.1. The van der Waals surface area contributed by atoms with E-state index in [1.165, 1.54) is 51.2 Å². The number of fused-ring (bicyclic) bond motifs is 5. The van der Waals surface area contributed by atoms with Crippen molar-refractivity contribution in [1.29, 1.82) is 0 Å². The van der Waals surface area contributed by atoms with Gasteiger partial charge in [-0.15, -0.1) is 0 Å². The molecule has 1 fully saturated rings. The fourth-order valence-corrected chi connectivity index (χ4v) is 14.1. The van der Waals surface area contributed by atoms with E-state index in [-0.39, 0.29) is 0 Å². The molecule has 3 unspecified atom stereocenters. The third-order valence-corrected chi connectivity index (χ3v) is 14.9. The molecule has 0 aliphatic heterocycles. The van der Waals surface area contributed by atoms with Crippen LogP contribution in [0.5, 0.6) is 0 Å². The lowest BCUT2D eigenvalue weighted by atomic mass is 9.96. The summed E-state index contributed by atoms with van der Waals surface area (Å²) in [5.74, 6) is 2.18. The number of rotatable bonds is 5. The molecule has 0 spiro atoms. The van der Waals surface area contributed by atoms with Gasteiger partial charge < -0.3 is 0 Å². The molecule has 8 rings (SSSR count). The van der Waals surface area contributed by atoms with E-state index >= 15 is 0 Å². The van der Waals surface area contributed by atoms with E-state index in [9.17, 15) is 0 Å². The van der Waals surface area contributed by atoms with E-state index in [1.807, 2.05) is 0 Å². The minimum atomic E-state index is -2.55. The summed E-state index contributed by atoms with van der Waals surface area (Å²) < 4.78 is 0. The van der Waals surface area contributed by atoms with Gasteiger partial charge in [-0.1, -0.05) is 140 Å². The minimum Gasteiger partial charge on any atom is -0.0851 e. The highest BCUT2D eigenvalue weighted by atomic mass is 28.3. The average Bonchev–Trinajstić information content (AvgIpc) is 3.63. The van der Waals surface area contributed by atoms with Crippen LogP contribution in [0.25, 0.3) is 32.3 Å². The molecule has 6 aromatic carbocycles. The van der Waals surface area contributed by atoms with E-state index < -0.39 is 8.07 Å². The Balaban J connectivity index is 1.54. The second-order valence-electron chi connectivity index (χ2n) is 11.7. The predicted octanol–water partition coefficient (Wildman–Crippen LogP) is 7.83. The second kappa shape index (κ2) is 9.07. The molecule has 0 saturated heterocycles. The molecule has 1 heteroatoms. The summed E-state index contributed by atoms with van der Waals surface area (Å²) in [7, 11) is -2.55. The molecule has 0 N–H and O–H groups in total. The van der Waals surface area contributed by atoms with Gasteiger partial charge in [-0.25, -0.2) is 0 Å². The van der Waals surface area contributed by atoms with Gasteiger partial charge in [-0.2, -0.15) is 0 Å². The van der Waals surface area contributed by atoms with Crippen molar-refractivity contribution in [3.8, 4) is 0 Å². The Kier molecular flexibility index (Phi) is 5.35. The molecule has 2 aliphatic rings. The molecular weight excluding hydrogens is 485 g/mol. The molecule has 39 heavy (non-hydrogen) atoms. The molecule has 0 aromatic heterocycles. The summed E-state index contributed by atoms with van der Waals surface area (Å²) in [5, 5.41) is 13.0. The SMILES string of the molecule is C1=CC2CC1CC2C[Si](c1cccc2ccccc12)(c1cccc2ccccc12)c1cccc2ccccc12. The zero-order valence-electron chi connectivity index (χ0n) is 22.1. The highest BCUT2D eigenvalue weighted by molar-refractivity contribution is 7.14. The molecule has 0 radical (unpaired) electrons. The Labute approximate surface area is 231 Å². The van der Waals surface area contributed by atoms with Crippen LogP contribution in [0.4, 0.5) is 0 Å². The fourth-order valence-electron chi connectivity index (χ4n) is 8.08. The molecule has 1 saturated carbocycles. The largest absolute Gasteiger partial charge is 0.151 e. The van der Waals surface area contributed by atoms with E-state index in [0.29, 0.717) is 11.8 Å². The van der Waals surface area contributed by atoms with E-state index in [1.54, 1.807) is 15.6 Å². The lowest BCUT2D eigenvalue weighted by Gasteiger charge is -2.39. The van der Waals surface area contributed by atoms with Gasteiger partial charge in [0.25, 0.3) is 0 Å². The van der Waals surface area contributed by atoms with Crippen molar-refractivity contribution in [1.82, 2.24) is 0 Å². The second-order valence-corrected chi connectivity index (χ2v) is 15.6. The molecule has 0 amide bonds. The van der Waals surface area contributed by atoms with Crippen molar-refractivity contribution in [2.24, 2.45) is 17.8 Å². The number of benzene rings is 6. The third-order valence-electron chi connectivity index (χ3n) is 9.73. The van der Waals surface area contributed by atoms with Gasteiger partial charge in [0, 0.05) is 0 Å². The maximum absolute atomic E-state index is 2.55. The lowest BCUT2D eigenvalue weighted by molar-refractivity contribution is 0.489. The maximum Gasteiger partial charge on any atom is 0.151 e. The number of hydrogen-bond donors (Lipinski definition) is 0. The van der Waals surface area contributed by atoms with Crippen molar-refractivity contribution < 1.29 is 0 Å². The average molecular weight is 517 g/mol. The first-order valence-electron chi connectivity index (χ1n) is 14.4. The highest BCUT2D eigenvalue weighted by Crippen LogP contribution is 2.47. The minimum absolute atomic E-state index is 0.710. The Morgan fingerprint density at radius 2 is 0.897 bits per heavy atom. The molecule has 0 nitrogen and oxygen atoms in total. The standard InChI is InChI=1S/C38H32Si/c1-4-16-33-28(10-1)13-7-19-36(33)39(26-32-25-27-22-23-31(32)24-27,37-20-8-14-29-11-2-5-17-34(29)37)38-21-9-15-30-12-3-6-18-35(30)38/h1-23,27,31-32H,24-26H2. The summed E-state index contributed by atoms with van der Waals surface area (Å²) in [6, 6.07) is 49.8. The lowest BCUT2D eigenvalue weighted by Crippen LogP contribution is -2.68. The molecule has 0 heterocycles. The summed E-state index contributed by atoms with van der Waals surface area (Å²) >= 11 is 0. The molecule has 6 aromatic rings. The topological polar surface area (TPSA) is 0 Å². The van der Waals surface area contributed by atoms with E-state index in [2.05, 4.69) is 140 Å². The van der Waals surface area contributed by atoms with Gasteiger partial charge in [0.15, 0.2) is 8.07 Å². The first kappa shape index (κ1) is 23.0. The Hall–Kier alpha value is -3.94. The third kappa shape index (κ3) is 3.57. The summed E-state index contributed by atoms with van der Waals surface area (Å²) in [6.07, 6.45) is 7.72. The quantitative estimate of drug-likeness (QED) is 0.124. The number of allylic oxidation sites excluding steroid dienone is 2. The van der Waals surface area contributed by atoms with Crippen LogP contribution in [-0.2, 0) is 0 Å². The van der Waals surface area contributed by atoms with Crippen LogP contribution in [0.1, 0.15) is 12.8 Å². The normalized spacial score (nSPS) is 20.4. The number of hydrogen-bond acceptors (Lipinski definition) is 0. The van der Waals surface area contributed by atoms with E-state index in [4.69, 9.17) is 0 Å². The summed E-state index contributed by atoms with van der Waals surface area (Å²) in [6.45, 7) is 0. The molecular formula is C38H32Si. The van der Waals surface area contributed by atoms with Gasteiger partial charge in [-0.3, -0.25) is 0 Å². The van der Waals surface area contributed by atoms with Crippen LogP contribution in [0, 0.1) is 17.8 Å². The van der Waals surface area contributed by atoms with Crippen molar-refractivity contribution in [2.75, 3.05) is 0 Å². The molecule has 188 valence electrons. The van der Waals surface area contributed by atoms with Crippen molar-refractivity contribution in [2.45, 2.75) is 18.9 Å². The van der Waals surface area contributed by atoms with Crippen LogP contribution < -0.4 is 15.6 Å². The van der Waals surface area contributed by atoms with Crippen LogP contribution in [0.15, 0.2) is 140 Å². The van der Waals surface area contributed by atoms with Gasteiger partial charge >= 0.3 is 0 Å². The maximum atomic E-state index is 2.55. The van der Waals surface area contributed by atoms with Crippen molar-refractivity contribution in [3.63, 3.8) is 0 Å². The Bertz CT molecular complexity index is 1670. The summed E-state index contributed by atoms with van der Waals surface area (Å²) in [4.78, 5) is 0. The van der Waals surface area contributed by atoms with Crippen molar-refractivity contribution >= 4 is 56.0 Å². The summed E-state index contributed by atoms with van der Waals surface area (Å²) in [5.41, 5.74) is 0. The van der Waals surface area contributed by atoms with Crippen LogP contribution >= 0.6 is 0 Å². The predicted molar refractivity (Wildman–Crippen MR) is 170 cm³/mol. The monoisotopic (exact) mass is 516 g/mol. The Morgan fingerprint density at radius 1 is 0.462 bits per heavy atom. The van der Waals surface area contributed by atoms with Gasteiger partial charge in [-0.05, 0) is 84.5 Å². The smallest absolute Gasteiger partial charge is 0.0851 e. The first-order chi connectivity index (χ1) is 19.3. The van der Waals surface area contributed by atoms with Crippen molar-refractivity contribution in [3.05, 3.63) is 140 Å². The molecule has 3 atom stereocenters. The van der Waals surface area contributed by atoms with Gasteiger partial charge in [0.2, 0.25) is 0 Å². The van der Waals surface area contributed by atoms with E-state index in [0.717, 1.165) is 5.92 Å².